The third-order valence-electron chi connectivity index (χ3n) is 4.59. The van der Waals surface area contributed by atoms with E-state index in [1.807, 2.05) is 47.9 Å². The number of nitrogens with zero attached hydrogens (tertiary/aromatic N) is 2. The largest absolute Gasteiger partial charge is 0.497 e. The molecular weight excluding hydrogens is 357 g/mol. The number of hydrogen-bond donors (Lipinski definition) is 1. The first-order valence-corrected chi connectivity index (χ1v) is 8.75. The standard InChI is InChI=1S/C22H18FN3O2/c1-14-21(15-5-10-19(28-2)11-6-15)25-20-12-9-18(13-26(14)20)24-22(27)16-3-7-17(23)8-4-16/h3-13H,1-2H3,(H,24,27). The van der Waals surface area contributed by atoms with Gasteiger partial charge in [0.2, 0.25) is 0 Å². The number of nitrogens with one attached hydrogen (secondary N) is 1. The molecule has 2 aromatic heterocycles. The Kier molecular flexibility index (Phi) is 4.53. The van der Waals surface area contributed by atoms with Crippen LogP contribution in [0.25, 0.3) is 16.9 Å². The summed E-state index contributed by atoms with van der Waals surface area (Å²) >= 11 is 0. The van der Waals surface area contributed by atoms with Gasteiger partial charge in [0, 0.05) is 23.0 Å². The van der Waals surface area contributed by atoms with E-state index in [1.165, 1.54) is 24.3 Å². The number of fused-ring (bicyclic) bond motifs is 1. The Morgan fingerprint density at radius 2 is 1.75 bits per heavy atom. The average Bonchev–Trinajstić information content (AvgIpc) is 3.05. The van der Waals surface area contributed by atoms with Crippen molar-refractivity contribution in [2.75, 3.05) is 12.4 Å². The van der Waals surface area contributed by atoms with E-state index < -0.39 is 0 Å². The number of halogens is 1. The zero-order valence-electron chi connectivity index (χ0n) is 15.4. The topological polar surface area (TPSA) is 55.6 Å². The lowest BCUT2D eigenvalue weighted by Gasteiger charge is -2.07. The minimum absolute atomic E-state index is 0.299. The highest BCUT2D eigenvalue weighted by molar-refractivity contribution is 6.04. The molecule has 6 heteroatoms. The summed E-state index contributed by atoms with van der Waals surface area (Å²) in [5, 5.41) is 2.83. The molecule has 1 N–H and O–H groups in total. The van der Waals surface area contributed by atoms with Gasteiger partial charge in [0.25, 0.3) is 5.91 Å². The van der Waals surface area contributed by atoms with Crippen molar-refractivity contribution in [2.45, 2.75) is 6.92 Å². The number of methoxy groups -OCH3 is 1. The molecule has 28 heavy (non-hydrogen) atoms. The van der Waals surface area contributed by atoms with Gasteiger partial charge in [-0.15, -0.1) is 0 Å². The van der Waals surface area contributed by atoms with E-state index in [1.54, 1.807) is 13.2 Å². The lowest BCUT2D eigenvalue weighted by atomic mass is 10.1. The fourth-order valence-corrected chi connectivity index (χ4v) is 3.06. The van der Waals surface area contributed by atoms with Crippen molar-refractivity contribution in [1.82, 2.24) is 9.38 Å². The zero-order chi connectivity index (χ0) is 19.7. The Morgan fingerprint density at radius 1 is 1.04 bits per heavy atom. The number of ether oxygens (including phenoxy) is 1. The maximum Gasteiger partial charge on any atom is 0.255 e. The molecular formula is C22H18FN3O2. The van der Waals surface area contributed by atoms with Crippen molar-refractivity contribution in [3.05, 3.63) is 83.9 Å². The molecule has 0 saturated heterocycles. The quantitative estimate of drug-likeness (QED) is 0.562. The molecule has 0 unspecified atom stereocenters. The van der Waals surface area contributed by atoms with E-state index in [0.29, 0.717) is 11.3 Å². The molecule has 0 aliphatic rings. The van der Waals surface area contributed by atoms with Crippen molar-refractivity contribution in [3.8, 4) is 17.0 Å². The molecule has 4 aromatic rings. The van der Waals surface area contributed by atoms with Gasteiger partial charge in [-0.3, -0.25) is 4.79 Å². The second kappa shape index (κ2) is 7.15. The maximum atomic E-state index is 13.0. The summed E-state index contributed by atoms with van der Waals surface area (Å²) in [5.74, 6) is 0.113. The first-order chi connectivity index (χ1) is 13.5. The van der Waals surface area contributed by atoms with Crippen molar-refractivity contribution in [3.63, 3.8) is 0 Å². The van der Waals surface area contributed by atoms with Gasteiger partial charge in [-0.2, -0.15) is 0 Å². The summed E-state index contributed by atoms with van der Waals surface area (Å²) < 4.78 is 20.2. The van der Waals surface area contributed by atoms with Gasteiger partial charge in [-0.25, -0.2) is 9.37 Å². The first kappa shape index (κ1) is 17.7. The summed E-state index contributed by atoms with van der Waals surface area (Å²) in [6.45, 7) is 1.98. The number of carbonyl (C=O) groups excluding carboxylic acids is 1. The molecule has 4 rings (SSSR count). The van der Waals surface area contributed by atoms with Crippen molar-refractivity contribution >= 4 is 17.2 Å². The molecule has 140 valence electrons. The molecule has 0 radical (unpaired) electrons. The van der Waals surface area contributed by atoms with E-state index in [4.69, 9.17) is 9.72 Å². The average molecular weight is 375 g/mol. The molecule has 0 bridgehead atoms. The smallest absolute Gasteiger partial charge is 0.255 e. The molecule has 0 atom stereocenters. The lowest BCUT2D eigenvalue weighted by Crippen LogP contribution is -2.12. The van der Waals surface area contributed by atoms with Gasteiger partial charge in [0.05, 0.1) is 18.5 Å². The Morgan fingerprint density at radius 3 is 2.43 bits per heavy atom. The summed E-state index contributed by atoms with van der Waals surface area (Å²) in [5.41, 5.74) is 4.61. The Labute approximate surface area is 161 Å². The number of hydrogen-bond acceptors (Lipinski definition) is 3. The Balaban J connectivity index is 1.64. The zero-order valence-corrected chi connectivity index (χ0v) is 15.4. The highest BCUT2D eigenvalue weighted by Crippen LogP contribution is 2.26. The summed E-state index contributed by atoms with van der Waals surface area (Å²) in [7, 11) is 1.63. The first-order valence-electron chi connectivity index (χ1n) is 8.75. The number of imidazole rings is 1. The molecule has 0 spiro atoms. The number of anilines is 1. The van der Waals surface area contributed by atoms with Gasteiger partial charge < -0.3 is 14.5 Å². The van der Waals surface area contributed by atoms with E-state index in [2.05, 4.69) is 5.32 Å². The monoisotopic (exact) mass is 375 g/mol. The summed E-state index contributed by atoms with van der Waals surface area (Å²) in [6, 6.07) is 16.8. The minimum Gasteiger partial charge on any atom is -0.497 e. The Hall–Kier alpha value is -3.67. The number of carbonyl (C=O) groups is 1. The molecule has 0 aliphatic carbocycles. The van der Waals surface area contributed by atoms with Crippen LogP contribution >= 0.6 is 0 Å². The van der Waals surface area contributed by atoms with Crippen LogP contribution in [0.4, 0.5) is 10.1 Å². The molecule has 1 amide bonds. The fraction of sp³-hybridized carbons (Fsp3) is 0.0909. The number of amides is 1. The molecule has 2 aromatic carbocycles. The number of aryl methyl sites for hydroxylation is 1. The highest BCUT2D eigenvalue weighted by atomic mass is 19.1. The van der Waals surface area contributed by atoms with E-state index in [0.717, 1.165) is 28.3 Å². The van der Waals surface area contributed by atoms with Gasteiger partial charge in [0.15, 0.2) is 0 Å². The molecule has 0 aliphatic heterocycles. The predicted octanol–water partition coefficient (Wildman–Crippen LogP) is 4.71. The van der Waals surface area contributed by atoms with Crippen LogP contribution in [-0.4, -0.2) is 22.4 Å². The van der Waals surface area contributed by atoms with Gasteiger partial charge in [-0.1, -0.05) is 0 Å². The van der Waals surface area contributed by atoms with Crippen LogP contribution in [0.1, 0.15) is 16.1 Å². The van der Waals surface area contributed by atoms with E-state index in [-0.39, 0.29) is 11.7 Å². The normalized spacial score (nSPS) is 10.8. The van der Waals surface area contributed by atoms with E-state index in [9.17, 15) is 9.18 Å². The van der Waals surface area contributed by atoms with Crippen LogP contribution in [-0.2, 0) is 0 Å². The second-order valence-electron chi connectivity index (χ2n) is 6.38. The SMILES string of the molecule is COc1ccc(-c2nc3ccc(NC(=O)c4ccc(F)cc4)cn3c2C)cc1. The minimum atomic E-state index is -0.377. The van der Waals surface area contributed by atoms with Crippen LogP contribution in [0, 0.1) is 12.7 Å². The number of pyridine rings is 1. The van der Waals surface area contributed by atoms with Crippen molar-refractivity contribution in [2.24, 2.45) is 0 Å². The highest BCUT2D eigenvalue weighted by Gasteiger charge is 2.12. The number of benzene rings is 2. The van der Waals surface area contributed by atoms with Crippen LogP contribution in [0.3, 0.4) is 0 Å². The third kappa shape index (κ3) is 3.32. The maximum absolute atomic E-state index is 13.0. The lowest BCUT2D eigenvalue weighted by molar-refractivity contribution is 0.102. The molecule has 5 nitrogen and oxygen atoms in total. The molecule has 0 saturated carbocycles. The number of rotatable bonds is 4. The molecule has 0 fully saturated rings. The van der Waals surface area contributed by atoms with Crippen LogP contribution in [0.5, 0.6) is 5.75 Å². The summed E-state index contributed by atoms with van der Waals surface area (Å²) in [6.07, 6.45) is 1.83. The van der Waals surface area contributed by atoms with E-state index >= 15 is 0 Å². The van der Waals surface area contributed by atoms with Gasteiger partial charge in [0.1, 0.15) is 17.2 Å². The summed E-state index contributed by atoms with van der Waals surface area (Å²) in [4.78, 5) is 17.1. The van der Waals surface area contributed by atoms with Gasteiger partial charge in [-0.05, 0) is 67.6 Å². The molecule has 2 heterocycles. The van der Waals surface area contributed by atoms with Crippen molar-refractivity contribution < 1.29 is 13.9 Å². The fourth-order valence-electron chi connectivity index (χ4n) is 3.06. The second-order valence-corrected chi connectivity index (χ2v) is 6.38. The van der Waals surface area contributed by atoms with Crippen LogP contribution in [0.2, 0.25) is 0 Å². The Bertz CT molecular complexity index is 1150. The van der Waals surface area contributed by atoms with Crippen LogP contribution < -0.4 is 10.1 Å². The predicted molar refractivity (Wildman–Crippen MR) is 106 cm³/mol. The van der Waals surface area contributed by atoms with Gasteiger partial charge >= 0.3 is 0 Å². The van der Waals surface area contributed by atoms with Crippen LogP contribution in [0.15, 0.2) is 66.9 Å². The third-order valence-corrected chi connectivity index (χ3v) is 4.59. The number of aromatic nitrogens is 2. The van der Waals surface area contributed by atoms with Crippen molar-refractivity contribution in [1.29, 1.82) is 0 Å².